The third-order valence-electron chi connectivity index (χ3n) is 6.29. The summed E-state index contributed by atoms with van der Waals surface area (Å²) in [5, 5.41) is 7.59. The summed E-state index contributed by atoms with van der Waals surface area (Å²) in [5.74, 6) is 0.0421. The molecule has 0 atom stereocenters. The summed E-state index contributed by atoms with van der Waals surface area (Å²) in [6.45, 7) is 0. The first-order chi connectivity index (χ1) is 16.9. The van der Waals surface area contributed by atoms with E-state index < -0.39 is 0 Å². The van der Waals surface area contributed by atoms with Crippen molar-refractivity contribution in [2.24, 2.45) is 5.92 Å². The number of amides is 1. The fraction of sp³-hybridized carbons (Fsp3) is 0.346. The number of nitrogens with one attached hydrogen (secondary N) is 1. The van der Waals surface area contributed by atoms with Crippen molar-refractivity contribution in [3.8, 4) is 28.4 Å². The van der Waals surface area contributed by atoms with Gasteiger partial charge in [-0.2, -0.15) is 5.10 Å². The van der Waals surface area contributed by atoms with Crippen molar-refractivity contribution in [3.05, 3.63) is 60.0 Å². The molecule has 9 heteroatoms. The van der Waals surface area contributed by atoms with Crippen molar-refractivity contribution in [1.82, 2.24) is 15.1 Å². The minimum Gasteiger partial charge on any atom is -0.496 e. The number of hydrogen-bond donors (Lipinski definition) is 1. The molecule has 3 aromatic rings. The van der Waals surface area contributed by atoms with Crippen LogP contribution >= 0.6 is 0 Å². The first kappa shape index (κ1) is 24.3. The van der Waals surface area contributed by atoms with Crippen LogP contribution in [0.1, 0.15) is 36.2 Å². The minimum absolute atomic E-state index is 0.0661. The molecule has 35 heavy (non-hydrogen) atoms. The van der Waals surface area contributed by atoms with Crippen molar-refractivity contribution in [2.75, 3.05) is 21.3 Å². The summed E-state index contributed by atoms with van der Waals surface area (Å²) in [7, 11) is 4.49. The minimum atomic E-state index is -0.377. The number of esters is 1. The van der Waals surface area contributed by atoms with Gasteiger partial charge < -0.3 is 19.5 Å². The number of halogens is 1. The molecule has 0 saturated heterocycles. The molecule has 184 valence electrons. The second-order valence-electron chi connectivity index (χ2n) is 8.39. The zero-order valence-electron chi connectivity index (χ0n) is 19.9. The number of carbonyl (C=O) groups is 2. The van der Waals surface area contributed by atoms with E-state index in [0.29, 0.717) is 54.1 Å². The molecule has 4 rings (SSSR count). The third-order valence-corrected chi connectivity index (χ3v) is 6.29. The van der Waals surface area contributed by atoms with Crippen LogP contribution in [-0.2, 0) is 9.53 Å². The Morgan fingerprint density at radius 1 is 0.971 bits per heavy atom. The van der Waals surface area contributed by atoms with E-state index in [9.17, 15) is 14.0 Å². The lowest BCUT2D eigenvalue weighted by molar-refractivity contribution is -0.146. The zero-order chi connectivity index (χ0) is 24.9. The van der Waals surface area contributed by atoms with E-state index in [1.807, 2.05) is 0 Å². The summed E-state index contributed by atoms with van der Waals surface area (Å²) >= 11 is 0. The molecule has 0 spiro atoms. The number of carbonyl (C=O) groups excluding carboxylic acids is 2. The molecule has 1 amide bonds. The number of nitrogens with zero attached hydrogens (tertiary/aromatic N) is 2. The lowest BCUT2D eigenvalue weighted by Gasteiger charge is -2.27. The normalized spacial score (nSPS) is 17.5. The van der Waals surface area contributed by atoms with Gasteiger partial charge in [-0.05, 0) is 68.1 Å². The zero-order valence-corrected chi connectivity index (χ0v) is 19.9. The fourth-order valence-corrected chi connectivity index (χ4v) is 4.45. The molecule has 1 aliphatic rings. The van der Waals surface area contributed by atoms with Crippen LogP contribution in [0.15, 0.2) is 48.5 Å². The SMILES string of the molecule is COc1cccc(OC)c1-c1cc(C(=O)N[C@H]2CC[C@H](C(=O)OC)CC2)nn1-c1ccc(F)cc1. The van der Waals surface area contributed by atoms with Crippen LogP contribution < -0.4 is 14.8 Å². The molecule has 8 nitrogen and oxygen atoms in total. The topological polar surface area (TPSA) is 91.7 Å². The summed E-state index contributed by atoms with van der Waals surface area (Å²) < 4.78 is 31.1. The Morgan fingerprint density at radius 3 is 2.17 bits per heavy atom. The fourth-order valence-electron chi connectivity index (χ4n) is 4.45. The first-order valence-electron chi connectivity index (χ1n) is 11.4. The van der Waals surface area contributed by atoms with Gasteiger partial charge in [0.05, 0.1) is 44.2 Å². The van der Waals surface area contributed by atoms with Crippen LogP contribution in [-0.4, -0.2) is 49.0 Å². The predicted molar refractivity (Wildman–Crippen MR) is 127 cm³/mol. The Morgan fingerprint density at radius 2 is 1.60 bits per heavy atom. The molecule has 2 aromatic carbocycles. The lowest BCUT2D eigenvalue weighted by Crippen LogP contribution is -2.39. The average Bonchev–Trinajstić information content (AvgIpc) is 3.33. The summed E-state index contributed by atoms with van der Waals surface area (Å²) in [5.41, 5.74) is 1.96. The van der Waals surface area contributed by atoms with Gasteiger partial charge in [-0.15, -0.1) is 0 Å². The van der Waals surface area contributed by atoms with Gasteiger partial charge in [-0.25, -0.2) is 9.07 Å². The molecule has 1 aromatic heterocycles. The Hall–Kier alpha value is -3.88. The molecule has 0 unspecified atom stereocenters. The van der Waals surface area contributed by atoms with Crippen molar-refractivity contribution < 1.29 is 28.2 Å². The molecule has 1 heterocycles. The molecule has 1 fully saturated rings. The van der Waals surface area contributed by atoms with Crippen molar-refractivity contribution in [1.29, 1.82) is 0 Å². The standard InChI is InChI=1S/C26H28FN3O5/c1-33-22-5-4-6-23(34-2)24(22)21-15-20(29-30(21)19-13-9-17(27)10-14-19)25(31)28-18-11-7-16(8-12-18)26(32)35-3/h4-6,9-10,13-16,18H,7-8,11-12H2,1-3H3,(H,28,31)/t16-,18-. The summed E-state index contributed by atoms with van der Waals surface area (Å²) in [6, 6.07) is 12.8. The van der Waals surface area contributed by atoms with Gasteiger partial charge in [-0.3, -0.25) is 9.59 Å². The van der Waals surface area contributed by atoms with E-state index >= 15 is 0 Å². The number of rotatable bonds is 7. The van der Waals surface area contributed by atoms with Crippen molar-refractivity contribution in [3.63, 3.8) is 0 Å². The van der Waals surface area contributed by atoms with E-state index in [1.165, 1.54) is 19.2 Å². The number of ether oxygens (including phenoxy) is 3. The average molecular weight is 482 g/mol. The maximum Gasteiger partial charge on any atom is 0.308 e. The van der Waals surface area contributed by atoms with Gasteiger partial charge in [0.2, 0.25) is 0 Å². The van der Waals surface area contributed by atoms with Crippen molar-refractivity contribution >= 4 is 11.9 Å². The smallest absolute Gasteiger partial charge is 0.308 e. The highest BCUT2D eigenvalue weighted by Gasteiger charge is 2.29. The van der Waals surface area contributed by atoms with Crippen LogP contribution in [0.2, 0.25) is 0 Å². The van der Waals surface area contributed by atoms with Gasteiger partial charge in [0, 0.05) is 6.04 Å². The molecule has 1 N–H and O–H groups in total. The second-order valence-corrected chi connectivity index (χ2v) is 8.39. The molecule has 0 bridgehead atoms. The van der Waals surface area contributed by atoms with E-state index in [-0.39, 0.29) is 35.3 Å². The number of benzene rings is 2. The maximum absolute atomic E-state index is 13.6. The molecule has 1 saturated carbocycles. The second kappa shape index (κ2) is 10.6. The quantitative estimate of drug-likeness (QED) is 0.510. The number of hydrogen-bond acceptors (Lipinski definition) is 6. The predicted octanol–water partition coefficient (Wildman–Crippen LogP) is 4.16. The Labute approximate surface area is 203 Å². The largest absolute Gasteiger partial charge is 0.496 e. The Kier molecular flexibility index (Phi) is 7.33. The van der Waals surface area contributed by atoms with Gasteiger partial charge in [0.25, 0.3) is 5.91 Å². The van der Waals surface area contributed by atoms with Crippen LogP contribution in [0, 0.1) is 11.7 Å². The van der Waals surface area contributed by atoms with Gasteiger partial charge in [-0.1, -0.05) is 6.07 Å². The van der Waals surface area contributed by atoms with Gasteiger partial charge in [0.1, 0.15) is 17.3 Å². The Balaban J connectivity index is 1.67. The van der Waals surface area contributed by atoms with E-state index in [2.05, 4.69) is 10.4 Å². The maximum atomic E-state index is 13.6. The lowest BCUT2D eigenvalue weighted by atomic mass is 9.86. The van der Waals surface area contributed by atoms with Crippen molar-refractivity contribution in [2.45, 2.75) is 31.7 Å². The van der Waals surface area contributed by atoms with Crippen LogP contribution in [0.4, 0.5) is 4.39 Å². The van der Waals surface area contributed by atoms with Crippen LogP contribution in [0.25, 0.3) is 16.9 Å². The summed E-state index contributed by atoms with van der Waals surface area (Å²) in [4.78, 5) is 25.0. The van der Waals surface area contributed by atoms with Crippen LogP contribution in [0.5, 0.6) is 11.5 Å². The number of aromatic nitrogens is 2. The Bertz CT molecular complexity index is 1180. The summed E-state index contributed by atoms with van der Waals surface area (Å²) in [6.07, 6.45) is 2.67. The highest BCUT2D eigenvalue weighted by molar-refractivity contribution is 5.94. The molecule has 0 aliphatic heterocycles. The highest BCUT2D eigenvalue weighted by Crippen LogP contribution is 2.39. The van der Waals surface area contributed by atoms with Gasteiger partial charge >= 0.3 is 5.97 Å². The van der Waals surface area contributed by atoms with E-state index in [4.69, 9.17) is 14.2 Å². The van der Waals surface area contributed by atoms with E-state index in [0.717, 1.165) is 0 Å². The molecular formula is C26H28FN3O5. The highest BCUT2D eigenvalue weighted by atomic mass is 19.1. The number of methoxy groups -OCH3 is 3. The third kappa shape index (κ3) is 5.13. The molecule has 0 radical (unpaired) electrons. The van der Waals surface area contributed by atoms with Gasteiger partial charge in [0.15, 0.2) is 5.69 Å². The molecular weight excluding hydrogens is 453 g/mol. The first-order valence-corrected chi connectivity index (χ1v) is 11.4. The van der Waals surface area contributed by atoms with E-state index in [1.54, 1.807) is 55.3 Å². The van der Waals surface area contributed by atoms with Crippen LogP contribution in [0.3, 0.4) is 0 Å². The monoisotopic (exact) mass is 481 g/mol. The molecule has 1 aliphatic carbocycles.